The number of benzene rings is 2. The van der Waals surface area contributed by atoms with Crippen molar-refractivity contribution in [3.8, 4) is 0 Å². The van der Waals surface area contributed by atoms with Gasteiger partial charge in [0.2, 0.25) is 0 Å². The van der Waals surface area contributed by atoms with Crippen LogP contribution >= 0.6 is 0 Å². The highest BCUT2D eigenvalue weighted by Crippen LogP contribution is 2.16. The molecule has 0 unspecified atom stereocenters. The fraction of sp³-hybridized carbons (Fsp3) is 0.300. The molecule has 1 heterocycles. The van der Waals surface area contributed by atoms with Crippen molar-refractivity contribution >= 4 is 11.8 Å². The highest BCUT2D eigenvalue weighted by Gasteiger charge is 2.25. The van der Waals surface area contributed by atoms with Crippen molar-refractivity contribution < 1.29 is 18.4 Å². The Hall–Kier alpha value is -2.76. The van der Waals surface area contributed by atoms with Crippen LogP contribution in [0.2, 0.25) is 0 Å². The van der Waals surface area contributed by atoms with Crippen LogP contribution in [0.25, 0.3) is 0 Å². The standard InChI is InChI=1S/C20H20F2N2O2/c1-14-13-15(7-8-17(14)21)19(25)23-9-4-10-24(12-11-23)20(26)16-5-2-3-6-18(16)22/h2-3,5-8,13H,4,9-12H2,1H3. The number of nitrogens with zero attached hydrogens (tertiary/aromatic N) is 2. The van der Waals surface area contributed by atoms with Crippen LogP contribution < -0.4 is 0 Å². The maximum absolute atomic E-state index is 13.9. The molecule has 0 spiro atoms. The van der Waals surface area contributed by atoms with Crippen LogP contribution in [0.15, 0.2) is 42.5 Å². The lowest BCUT2D eigenvalue weighted by Gasteiger charge is -2.22. The van der Waals surface area contributed by atoms with E-state index in [1.54, 1.807) is 28.9 Å². The summed E-state index contributed by atoms with van der Waals surface area (Å²) in [5, 5.41) is 0. The normalized spacial score (nSPS) is 14.9. The predicted molar refractivity (Wildman–Crippen MR) is 94.0 cm³/mol. The van der Waals surface area contributed by atoms with Crippen molar-refractivity contribution in [2.75, 3.05) is 26.2 Å². The van der Waals surface area contributed by atoms with E-state index in [1.165, 1.54) is 30.3 Å². The second-order valence-electron chi connectivity index (χ2n) is 6.38. The zero-order valence-electron chi connectivity index (χ0n) is 14.5. The van der Waals surface area contributed by atoms with Gasteiger partial charge in [-0.2, -0.15) is 0 Å². The first kappa shape index (κ1) is 18.0. The number of hydrogen-bond acceptors (Lipinski definition) is 2. The minimum atomic E-state index is -0.545. The number of hydrogen-bond donors (Lipinski definition) is 0. The van der Waals surface area contributed by atoms with Gasteiger partial charge in [0.15, 0.2) is 0 Å². The van der Waals surface area contributed by atoms with Crippen LogP contribution in [0.5, 0.6) is 0 Å². The van der Waals surface area contributed by atoms with Gasteiger partial charge in [-0.05, 0) is 49.2 Å². The Kier molecular flexibility index (Phi) is 5.30. The third kappa shape index (κ3) is 3.74. The highest BCUT2D eigenvalue weighted by molar-refractivity contribution is 5.95. The van der Waals surface area contributed by atoms with Crippen LogP contribution in [0.3, 0.4) is 0 Å². The quantitative estimate of drug-likeness (QED) is 0.827. The van der Waals surface area contributed by atoms with Crippen LogP contribution in [0, 0.1) is 18.6 Å². The van der Waals surface area contributed by atoms with Crippen LogP contribution in [-0.4, -0.2) is 47.8 Å². The molecule has 0 radical (unpaired) electrons. The number of carbonyl (C=O) groups is 2. The van der Waals surface area contributed by atoms with Gasteiger partial charge in [0.1, 0.15) is 11.6 Å². The summed E-state index contributed by atoms with van der Waals surface area (Å²) in [6.07, 6.45) is 0.603. The lowest BCUT2D eigenvalue weighted by Crippen LogP contribution is -2.37. The lowest BCUT2D eigenvalue weighted by atomic mass is 10.1. The molecule has 1 aliphatic heterocycles. The molecule has 0 aliphatic carbocycles. The van der Waals surface area contributed by atoms with Crippen molar-refractivity contribution in [1.29, 1.82) is 0 Å². The second kappa shape index (κ2) is 7.64. The van der Waals surface area contributed by atoms with Gasteiger partial charge in [-0.25, -0.2) is 8.78 Å². The predicted octanol–water partition coefficient (Wildman–Crippen LogP) is 3.26. The molecule has 1 fully saturated rings. The second-order valence-corrected chi connectivity index (χ2v) is 6.38. The zero-order valence-corrected chi connectivity index (χ0v) is 14.5. The number of amides is 2. The van der Waals surface area contributed by atoms with E-state index in [-0.39, 0.29) is 23.2 Å². The van der Waals surface area contributed by atoms with Gasteiger partial charge in [0.25, 0.3) is 11.8 Å². The van der Waals surface area contributed by atoms with Crippen molar-refractivity contribution in [2.45, 2.75) is 13.3 Å². The van der Waals surface area contributed by atoms with Gasteiger partial charge in [0, 0.05) is 31.7 Å². The topological polar surface area (TPSA) is 40.6 Å². The fourth-order valence-electron chi connectivity index (χ4n) is 3.09. The molecule has 4 nitrogen and oxygen atoms in total. The van der Waals surface area contributed by atoms with Crippen molar-refractivity contribution in [3.63, 3.8) is 0 Å². The molecule has 1 aliphatic rings. The average Bonchev–Trinajstić information content (AvgIpc) is 2.89. The molecule has 0 bridgehead atoms. The van der Waals surface area contributed by atoms with Gasteiger partial charge in [-0.15, -0.1) is 0 Å². The molecular formula is C20H20F2N2O2. The summed E-state index contributed by atoms with van der Waals surface area (Å²) in [4.78, 5) is 28.4. The molecule has 0 N–H and O–H groups in total. The summed E-state index contributed by atoms with van der Waals surface area (Å²) in [7, 11) is 0. The molecular weight excluding hydrogens is 338 g/mol. The first-order valence-electron chi connectivity index (χ1n) is 8.56. The first-order chi connectivity index (χ1) is 12.5. The van der Waals surface area contributed by atoms with Crippen molar-refractivity contribution in [1.82, 2.24) is 9.80 Å². The molecule has 0 atom stereocenters. The van der Waals surface area contributed by atoms with E-state index < -0.39 is 5.82 Å². The third-order valence-corrected chi connectivity index (χ3v) is 4.58. The first-order valence-corrected chi connectivity index (χ1v) is 8.56. The fourth-order valence-corrected chi connectivity index (χ4v) is 3.09. The van der Waals surface area contributed by atoms with Gasteiger partial charge in [0.05, 0.1) is 5.56 Å². The molecule has 2 aromatic carbocycles. The monoisotopic (exact) mass is 358 g/mol. The minimum Gasteiger partial charge on any atom is -0.337 e. The maximum Gasteiger partial charge on any atom is 0.256 e. The molecule has 136 valence electrons. The summed E-state index contributed by atoms with van der Waals surface area (Å²) in [5.74, 6) is -1.45. The van der Waals surface area contributed by atoms with Gasteiger partial charge in [-0.3, -0.25) is 9.59 Å². The van der Waals surface area contributed by atoms with E-state index in [4.69, 9.17) is 0 Å². The Morgan fingerprint density at radius 3 is 2.15 bits per heavy atom. The largest absolute Gasteiger partial charge is 0.337 e. The maximum atomic E-state index is 13.9. The third-order valence-electron chi connectivity index (χ3n) is 4.58. The van der Waals surface area contributed by atoms with E-state index >= 15 is 0 Å². The van der Waals surface area contributed by atoms with Gasteiger partial charge < -0.3 is 9.80 Å². The van der Waals surface area contributed by atoms with Crippen molar-refractivity contribution in [2.24, 2.45) is 0 Å². The van der Waals surface area contributed by atoms with Crippen LogP contribution in [0.4, 0.5) is 8.78 Å². The summed E-state index contributed by atoms with van der Waals surface area (Å²) in [5.41, 5.74) is 0.890. The Balaban J connectivity index is 1.70. The van der Waals surface area contributed by atoms with Gasteiger partial charge in [-0.1, -0.05) is 12.1 Å². The molecule has 0 saturated carbocycles. The van der Waals surface area contributed by atoms with Crippen molar-refractivity contribution in [3.05, 3.63) is 70.8 Å². The smallest absolute Gasteiger partial charge is 0.256 e. The number of carbonyl (C=O) groups excluding carboxylic acids is 2. The Labute approximate surface area is 151 Å². The van der Waals surface area contributed by atoms with E-state index in [0.29, 0.717) is 43.7 Å². The molecule has 1 saturated heterocycles. The Bertz CT molecular complexity index is 838. The number of rotatable bonds is 2. The Morgan fingerprint density at radius 2 is 1.50 bits per heavy atom. The minimum absolute atomic E-state index is 0.0430. The molecule has 2 amide bonds. The van der Waals surface area contributed by atoms with E-state index in [9.17, 15) is 18.4 Å². The van der Waals surface area contributed by atoms with E-state index in [2.05, 4.69) is 0 Å². The SMILES string of the molecule is Cc1cc(C(=O)N2CCCN(C(=O)c3ccccc3F)CC2)ccc1F. The Morgan fingerprint density at radius 1 is 0.846 bits per heavy atom. The van der Waals surface area contributed by atoms with E-state index in [0.717, 1.165) is 0 Å². The average molecular weight is 358 g/mol. The van der Waals surface area contributed by atoms with E-state index in [1.807, 2.05) is 0 Å². The summed E-state index contributed by atoms with van der Waals surface area (Å²) < 4.78 is 27.3. The molecule has 26 heavy (non-hydrogen) atoms. The summed E-state index contributed by atoms with van der Waals surface area (Å²) >= 11 is 0. The van der Waals surface area contributed by atoms with Crippen LogP contribution in [-0.2, 0) is 0 Å². The lowest BCUT2D eigenvalue weighted by molar-refractivity contribution is 0.0716. The number of aryl methyl sites for hydroxylation is 1. The molecule has 6 heteroatoms. The molecule has 2 aromatic rings. The summed E-state index contributed by atoms with van der Waals surface area (Å²) in [6, 6.07) is 10.2. The van der Waals surface area contributed by atoms with Gasteiger partial charge >= 0.3 is 0 Å². The zero-order chi connectivity index (χ0) is 18.7. The molecule has 3 rings (SSSR count). The molecule has 0 aromatic heterocycles. The van der Waals surface area contributed by atoms with Crippen LogP contribution in [0.1, 0.15) is 32.7 Å². The highest BCUT2D eigenvalue weighted by atomic mass is 19.1. The number of halogens is 2. The summed E-state index contributed by atoms with van der Waals surface area (Å²) in [6.45, 7) is 3.26.